The Hall–Kier alpha value is -2.60. The van der Waals surface area contributed by atoms with Gasteiger partial charge in [-0.1, -0.05) is 25.1 Å². The lowest BCUT2D eigenvalue weighted by atomic mass is 10.0. The van der Waals surface area contributed by atoms with Crippen molar-refractivity contribution in [3.63, 3.8) is 0 Å². The quantitative estimate of drug-likeness (QED) is 0.670. The number of carbonyl (C=O) groups is 1. The summed E-state index contributed by atoms with van der Waals surface area (Å²) in [6.07, 6.45) is 0.866. The van der Waals surface area contributed by atoms with E-state index in [1.807, 2.05) is 43.1 Å². The van der Waals surface area contributed by atoms with Crippen molar-refractivity contribution in [2.75, 3.05) is 39.1 Å². The Kier molecular flexibility index (Phi) is 8.07. The van der Waals surface area contributed by atoms with Crippen LogP contribution in [0.2, 0.25) is 0 Å². The minimum Gasteiger partial charge on any atom is -0.497 e. The minimum atomic E-state index is -0.610. The largest absolute Gasteiger partial charge is 0.497 e. The molecule has 6 heteroatoms. The van der Waals surface area contributed by atoms with E-state index >= 15 is 0 Å². The van der Waals surface area contributed by atoms with E-state index in [-0.39, 0.29) is 11.7 Å². The molecule has 0 saturated heterocycles. The van der Waals surface area contributed by atoms with Crippen LogP contribution < -0.4 is 15.4 Å². The van der Waals surface area contributed by atoms with E-state index in [1.54, 1.807) is 19.2 Å². The number of amides is 1. The zero-order chi connectivity index (χ0) is 19.6. The molecule has 1 atom stereocenters. The van der Waals surface area contributed by atoms with Crippen LogP contribution in [0.5, 0.6) is 5.75 Å². The van der Waals surface area contributed by atoms with E-state index in [9.17, 15) is 9.18 Å². The first-order chi connectivity index (χ1) is 13.1. The van der Waals surface area contributed by atoms with Gasteiger partial charge >= 0.3 is 0 Å². The van der Waals surface area contributed by atoms with E-state index in [4.69, 9.17) is 4.74 Å². The topological polar surface area (TPSA) is 53.6 Å². The fourth-order valence-corrected chi connectivity index (χ4v) is 2.85. The maximum Gasteiger partial charge on any atom is 0.249 e. The number of benzene rings is 2. The molecule has 27 heavy (non-hydrogen) atoms. The fourth-order valence-electron chi connectivity index (χ4n) is 2.85. The second kappa shape index (κ2) is 10.5. The average Bonchev–Trinajstić information content (AvgIpc) is 2.70. The lowest BCUT2D eigenvalue weighted by Crippen LogP contribution is -2.41. The third kappa shape index (κ3) is 5.96. The summed E-state index contributed by atoms with van der Waals surface area (Å²) in [7, 11) is 3.46. The van der Waals surface area contributed by atoms with Crippen LogP contribution in [-0.4, -0.2) is 44.6 Å². The molecule has 0 heterocycles. The third-order valence-electron chi connectivity index (χ3n) is 4.27. The zero-order valence-electron chi connectivity index (χ0n) is 16.2. The van der Waals surface area contributed by atoms with Gasteiger partial charge in [0.2, 0.25) is 5.91 Å². The van der Waals surface area contributed by atoms with E-state index in [0.29, 0.717) is 25.4 Å². The van der Waals surface area contributed by atoms with Gasteiger partial charge in [0, 0.05) is 31.4 Å². The number of anilines is 1. The molecule has 0 bridgehead atoms. The molecule has 2 rings (SSSR count). The molecule has 0 aliphatic rings. The van der Waals surface area contributed by atoms with Crippen LogP contribution in [0.15, 0.2) is 48.5 Å². The highest BCUT2D eigenvalue weighted by Crippen LogP contribution is 2.25. The highest BCUT2D eigenvalue weighted by molar-refractivity contribution is 5.86. The molecule has 0 saturated carbocycles. The summed E-state index contributed by atoms with van der Waals surface area (Å²) in [5.74, 6) is 0.333. The van der Waals surface area contributed by atoms with Crippen LogP contribution in [0, 0.1) is 5.82 Å². The molecular formula is C21H28FN3O2. The summed E-state index contributed by atoms with van der Waals surface area (Å²) >= 11 is 0. The van der Waals surface area contributed by atoms with Crippen molar-refractivity contribution >= 4 is 11.6 Å². The summed E-state index contributed by atoms with van der Waals surface area (Å²) in [6.45, 7) is 4.03. The van der Waals surface area contributed by atoms with Crippen LogP contribution >= 0.6 is 0 Å². The number of nitrogens with zero attached hydrogens (tertiary/aromatic N) is 1. The van der Waals surface area contributed by atoms with Gasteiger partial charge in [-0.15, -0.1) is 0 Å². The second-order valence-corrected chi connectivity index (χ2v) is 6.29. The first-order valence-electron chi connectivity index (χ1n) is 9.18. The number of nitrogens with one attached hydrogen (secondary N) is 2. The summed E-state index contributed by atoms with van der Waals surface area (Å²) in [5.41, 5.74) is 1.48. The standard InChI is InChI=1S/C21H28FN3O2/c1-4-13-25(14-12-23-2)21(26)20(16-8-10-17(22)11-9-16)24-18-6-5-7-19(15-18)27-3/h5-11,15,20,23-24H,4,12-14H2,1-3H3. The molecule has 2 N–H and O–H groups in total. The molecule has 0 radical (unpaired) electrons. The third-order valence-corrected chi connectivity index (χ3v) is 4.27. The molecule has 0 spiro atoms. The molecule has 1 amide bonds. The Morgan fingerprint density at radius 2 is 1.93 bits per heavy atom. The molecule has 0 aromatic heterocycles. The maximum atomic E-state index is 13.4. The number of hydrogen-bond acceptors (Lipinski definition) is 4. The van der Waals surface area contributed by atoms with Crippen molar-refractivity contribution in [3.8, 4) is 5.75 Å². The van der Waals surface area contributed by atoms with Crippen LogP contribution in [-0.2, 0) is 4.79 Å². The monoisotopic (exact) mass is 373 g/mol. The molecule has 2 aromatic rings. The first kappa shape index (κ1) is 20.7. The van der Waals surface area contributed by atoms with E-state index < -0.39 is 6.04 Å². The summed E-state index contributed by atoms with van der Waals surface area (Å²) in [5, 5.41) is 6.37. The van der Waals surface area contributed by atoms with Crippen LogP contribution in [0.25, 0.3) is 0 Å². The fraction of sp³-hybridized carbons (Fsp3) is 0.381. The van der Waals surface area contributed by atoms with Gasteiger partial charge in [-0.05, 0) is 43.3 Å². The van der Waals surface area contributed by atoms with Gasteiger partial charge in [0.15, 0.2) is 0 Å². The van der Waals surface area contributed by atoms with Crippen LogP contribution in [0.3, 0.4) is 0 Å². The van der Waals surface area contributed by atoms with Crippen molar-refractivity contribution < 1.29 is 13.9 Å². The van der Waals surface area contributed by atoms with Gasteiger partial charge in [-0.25, -0.2) is 4.39 Å². The number of hydrogen-bond donors (Lipinski definition) is 2. The Balaban J connectivity index is 2.32. The summed E-state index contributed by atoms with van der Waals surface area (Å²) in [4.78, 5) is 15.1. The average molecular weight is 373 g/mol. The van der Waals surface area contributed by atoms with E-state index in [0.717, 1.165) is 17.7 Å². The Morgan fingerprint density at radius 3 is 2.56 bits per heavy atom. The molecular weight excluding hydrogens is 345 g/mol. The highest BCUT2D eigenvalue weighted by atomic mass is 19.1. The molecule has 0 fully saturated rings. The predicted molar refractivity (Wildman–Crippen MR) is 107 cm³/mol. The smallest absolute Gasteiger partial charge is 0.249 e. The molecule has 2 aromatic carbocycles. The van der Waals surface area contributed by atoms with Gasteiger partial charge in [0.25, 0.3) is 0 Å². The van der Waals surface area contributed by atoms with Crippen LogP contribution in [0.1, 0.15) is 24.9 Å². The van der Waals surface area contributed by atoms with Crippen LogP contribution in [0.4, 0.5) is 10.1 Å². The van der Waals surface area contributed by atoms with Gasteiger partial charge in [-0.2, -0.15) is 0 Å². The number of methoxy groups -OCH3 is 1. The molecule has 1 unspecified atom stereocenters. The Bertz CT molecular complexity index is 722. The van der Waals surface area contributed by atoms with Crippen molar-refractivity contribution in [3.05, 3.63) is 59.9 Å². The highest BCUT2D eigenvalue weighted by Gasteiger charge is 2.25. The maximum absolute atomic E-state index is 13.4. The number of ether oxygens (including phenoxy) is 1. The Labute approximate surface area is 160 Å². The normalized spacial score (nSPS) is 11.7. The van der Waals surface area contributed by atoms with Gasteiger partial charge in [0.1, 0.15) is 17.6 Å². The van der Waals surface area contributed by atoms with E-state index in [2.05, 4.69) is 10.6 Å². The van der Waals surface area contributed by atoms with Gasteiger partial charge < -0.3 is 20.3 Å². The second-order valence-electron chi connectivity index (χ2n) is 6.29. The molecule has 0 aliphatic carbocycles. The zero-order valence-corrected chi connectivity index (χ0v) is 16.2. The van der Waals surface area contributed by atoms with E-state index in [1.165, 1.54) is 12.1 Å². The SMILES string of the molecule is CCCN(CCNC)C(=O)C(Nc1cccc(OC)c1)c1ccc(F)cc1. The number of carbonyl (C=O) groups excluding carboxylic acids is 1. The van der Waals surface area contributed by atoms with Crippen molar-refractivity contribution in [2.45, 2.75) is 19.4 Å². The minimum absolute atomic E-state index is 0.0403. The van der Waals surface area contributed by atoms with Crippen molar-refractivity contribution in [1.29, 1.82) is 0 Å². The molecule has 146 valence electrons. The molecule has 0 aliphatic heterocycles. The number of likely N-dealkylation sites (N-methyl/N-ethyl adjacent to an activating group) is 1. The predicted octanol–water partition coefficient (Wildman–Crippen LogP) is 3.45. The number of halogens is 1. The summed E-state index contributed by atoms with van der Waals surface area (Å²) < 4.78 is 18.6. The lowest BCUT2D eigenvalue weighted by Gasteiger charge is -2.28. The van der Waals surface area contributed by atoms with Crippen molar-refractivity contribution in [2.24, 2.45) is 0 Å². The van der Waals surface area contributed by atoms with Gasteiger partial charge in [0.05, 0.1) is 7.11 Å². The molecule has 5 nitrogen and oxygen atoms in total. The van der Waals surface area contributed by atoms with Gasteiger partial charge in [-0.3, -0.25) is 4.79 Å². The first-order valence-corrected chi connectivity index (χ1v) is 9.18. The lowest BCUT2D eigenvalue weighted by molar-refractivity contribution is -0.132. The Morgan fingerprint density at radius 1 is 1.19 bits per heavy atom. The van der Waals surface area contributed by atoms with Crippen molar-refractivity contribution in [1.82, 2.24) is 10.2 Å². The summed E-state index contributed by atoms with van der Waals surface area (Å²) in [6, 6.07) is 12.9. The number of rotatable bonds is 10.